The van der Waals surface area contributed by atoms with E-state index in [9.17, 15) is 18.3 Å². The van der Waals surface area contributed by atoms with Gasteiger partial charge in [-0.25, -0.2) is 13.2 Å². The van der Waals surface area contributed by atoms with E-state index in [1.54, 1.807) is 24.3 Å². The van der Waals surface area contributed by atoms with E-state index in [2.05, 4.69) is 15.6 Å². The van der Waals surface area contributed by atoms with E-state index in [1.165, 1.54) is 25.4 Å². The number of hydrogen-bond donors (Lipinski definition) is 3. The minimum atomic E-state index is -3.99. The quantitative estimate of drug-likeness (QED) is 0.490. The van der Waals surface area contributed by atoms with Crippen molar-refractivity contribution in [1.29, 1.82) is 0 Å². The second kappa shape index (κ2) is 8.91. The molecule has 32 heavy (non-hydrogen) atoms. The van der Waals surface area contributed by atoms with Gasteiger partial charge in [0.05, 0.1) is 36.2 Å². The number of benzene rings is 2. The number of aromatic carboxylic acids is 1. The number of nitrogens with zero attached hydrogens (tertiary/aromatic N) is 1. The van der Waals surface area contributed by atoms with E-state index >= 15 is 0 Å². The van der Waals surface area contributed by atoms with Crippen LogP contribution < -0.4 is 15.4 Å². The predicted octanol–water partition coefficient (Wildman–Crippen LogP) is 3.06. The van der Waals surface area contributed by atoms with Crippen LogP contribution in [0.15, 0.2) is 47.5 Å². The minimum Gasteiger partial charge on any atom is -0.497 e. The number of anilines is 2. The molecule has 1 fully saturated rings. The number of fused-ring (bicyclic) bond motifs is 1. The van der Waals surface area contributed by atoms with E-state index in [-0.39, 0.29) is 35.0 Å². The number of pyridine rings is 1. The van der Waals surface area contributed by atoms with Gasteiger partial charge in [-0.1, -0.05) is 11.6 Å². The molecule has 1 atom stereocenters. The summed E-state index contributed by atoms with van der Waals surface area (Å²) >= 11 is 6.18. The van der Waals surface area contributed by atoms with Gasteiger partial charge >= 0.3 is 5.97 Å². The fourth-order valence-electron chi connectivity index (χ4n) is 3.44. The second-order valence-electron chi connectivity index (χ2n) is 7.05. The van der Waals surface area contributed by atoms with Crippen molar-refractivity contribution in [3.05, 3.63) is 53.2 Å². The lowest BCUT2D eigenvalue weighted by Gasteiger charge is -2.25. The standard InChI is InChI=1S/C21H20ClN3O6S/c1-30-13-3-5-17(15(9-13)21(26)27)25-20-14-8-12(22)2-4-16(14)24-10-18(20)32(28,29)19-11-23-6-7-31-19/h2-5,8-10,19,23H,6-7,11H2,1H3,(H,24,25)(H,26,27). The number of ether oxygens (including phenoxy) is 2. The molecule has 1 aliphatic rings. The fraction of sp³-hybridized carbons (Fsp3) is 0.238. The van der Waals surface area contributed by atoms with Crippen LogP contribution >= 0.6 is 11.6 Å². The van der Waals surface area contributed by atoms with E-state index in [1.807, 2.05) is 0 Å². The molecule has 2 heterocycles. The average molecular weight is 478 g/mol. The first-order chi connectivity index (χ1) is 15.3. The van der Waals surface area contributed by atoms with Crippen LogP contribution in [0.1, 0.15) is 10.4 Å². The number of carboxylic acids is 1. The first-order valence-electron chi connectivity index (χ1n) is 9.64. The zero-order chi connectivity index (χ0) is 22.9. The Morgan fingerprint density at radius 3 is 2.81 bits per heavy atom. The largest absolute Gasteiger partial charge is 0.497 e. The Morgan fingerprint density at radius 1 is 1.31 bits per heavy atom. The van der Waals surface area contributed by atoms with Gasteiger partial charge in [0, 0.05) is 29.7 Å². The molecule has 11 heteroatoms. The highest BCUT2D eigenvalue weighted by Crippen LogP contribution is 2.36. The average Bonchev–Trinajstić information content (AvgIpc) is 2.80. The van der Waals surface area contributed by atoms with Crippen molar-refractivity contribution in [2.45, 2.75) is 10.3 Å². The number of aromatic nitrogens is 1. The molecule has 0 aliphatic carbocycles. The van der Waals surface area contributed by atoms with Gasteiger partial charge in [-0.15, -0.1) is 0 Å². The molecule has 1 unspecified atom stereocenters. The highest BCUT2D eigenvalue weighted by molar-refractivity contribution is 7.92. The highest BCUT2D eigenvalue weighted by Gasteiger charge is 2.33. The van der Waals surface area contributed by atoms with E-state index < -0.39 is 21.2 Å². The van der Waals surface area contributed by atoms with Crippen LogP contribution in [0.5, 0.6) is 5.75 Å². The summed E-state index contributed by atoms with van der Waals surface area (Å²) in [5, 5.41) is 16.5. The van der Waals surface area contributed by atoms with E-state index in [0.717, 1.165) is 0 Å². The smallest absolute Gasteiger partial charge is 0.337 e. The number of nitrogens with one attached hydrogen (secondary N) is 2. The van der Waals surface area contributed by atoms with Crippen molar-refractivity contribution in [2.24, 2.45) is 0 Å². The molecule has 0 amide bonds. The number of carbonyl (C=O) groups is 1. The molecule has 1 aromatic heterocycles. The fourth-order valence-corrected chi connectivity index (χ4v) is 5.16. The van der Waals surface area contributed by atoms with Crippen molar-refractivity contribution in [2.75, 3.05) is 32.1 Å². The Morgan fingerprint density at radius 2 is 2.12 bits per heavy atom. The molecule has 2 aromatic carbocycles. The first-order valence-corrected chi connectivity index (χ1v) is 11.6. The Balaban J connectivity index is 1.92. The van der Waals surface area contributed by atoms with Crippen molar-refractivity contribution in [1.82, 2.24) is 10.3 Å². The third-order valence-electron chi connectivity index (χ3n) is 5.06. The van der Waals surface area contributed by atoms with Crippen LogP contribution in [0.25, 0.3) is 10.9 Å². The minimum absolute atomic E-state index is 0.0877. The zero-order valence-electron chi connectivity index (χ0n) is 17.0. The number of hydrogen-bond acceptors (Lipinski definition) is 8. The predicted molar refractivity (Wildman–Crippen MR) is 120 cm³/mol. The van der Waals surface area contributed by atoms with Crippen molar-refractivity contribution in [3.8, 4) is 5.75 Å². The van der Waals surface area contributed by atoms with Gasteiger partial charge in [-0.05, 0) is 36.4 Å². The third kappa shape index (κ3) is 4.22. The number of morpholine rings is 1. The molecule has 0 spiro atoms. The maximum atomic E-state index is 13.4. The van der Waals surface area contributed by atoms with Gasteiger partial charge < -0.3 is 25.2 Å². The van der Waals surface area contributed by atoms with Crippen LogP contribution in [0.4, 0.5) is 11.4 Å². The molecular formula is C21H20ClN3O6S. The molecule has 4 rings (SSSR count). The maximum Gasteiger partial charge on any atom is 0.337 e. The summed E-state index contributed by atoms with van der Waals surface area (Å²) in [5.74, 6) is -0.850. The molecule has 0 radical (unpaired) electrons. The summed E-state index contributed by atoms with van der Waals surface area (Å²) in [4.78, 5) is 16.0. The number of sulfone groups is 1. The first kappa shape index (κ1) is 22.3. The van der Waals surface area contributed by atoms with Gasteiger partial charge in [0.1, 0.15) is 10.6 Å². The van der Waals surface area contributed by atoms with Gasteiger partial charge in [0.25, 0.3) is 0 Å². The summed E-state index contributed by atoms with van der Waals surface area (Å²) in [6, 6.07) is 9.31. The molecule has 168 valence electrons. The Hall–Kier alpha value is -2.92. The summed E-state index contributed by atoms with van der Waals surface area (Å²) in [6.45, 7) is 0.927. The van der Waals surface area contributed by atoms with E-state index in [0.29, 0.717) is 28.2 Å². The summed E-state index contributed by atoms with van der Waals surface area (Å²) in [6.07, 6.45) is 1.25. The van der Waals surface area contributed by atoms with Crippen LogP contribution in [-0.2, 0) is 14.6 Å². The molecule has 3 N–H and O–H groups in total. The van der Waals surface area contributed by atoms with Crippen LogP contribution in [0.3, 0.4) is 0 Å². The summed E-state index contributed by atoms with van der Waals surface area (Å²) in [5.41, 5.74) is -0.353. The molecule has 1 saturated heterocycles. The van der Waals surface area contributed by atoms with E-state index in [4.69, 9.17) is 21.1 Å². The van der Waals surface area contributed by atoms with Crippen LogP contribution in [0, 0.1) is 0 Å². The number of carboxylic acid groups (broad SMARTS) is 1. The number of methoxy groups -OCH3 is 1. The zero-order valence-corrected chi connectivity index (χ0v) is 18.5. The van der Waals surface area contributed by atoms with Gasteiger partial charge in [0.15, 0.2) is 5.44 Å². The van der Waals surface area contributed by atoms with Gasteiger partial charge in [0.2, 0.25) is 9.84 Å². The Kier molecular flexibility index (Phi) is 6.20. The number of rotatable bonds is 6. The van der Waals surface area contributed by atoms with Crippen molar-refractivity contribution < 1.29 is 27.8 Å². The molecule has 9 nitrogen and oxygen atoms in total. The van der Waals surface area contributed by atoms with Crippen molar-refractivity contribution in [3.63, 3.8) is 0 Å². The lowest BCUT2D eigenvalue weighted by atomic mass is 10.1. The topological polar surface area (TPSA) is 127 Å². The third-order valence-corrected chi connectivity index (χ3v) is 7.21. The van der Waals surface area contributed by atoms with Crippen LogP contribution in [0.2, 0.25) is 5.02 Å². The Labute approximate surface area is 189 Å². The summed E-state index contributed by atoms with van der Waals surface area (Å²) in [7, 11) is -2.56. The van der Waals surface area contributed by atoms with Gasteiger partial charge in [-0.3, -0.25) is 4.98 Å². The molecular weight excluding hydrogens is 458 g/mol. The van der Waals surface area contributed by atoms with Crippen LogP contribution in [-0.4, -0.2) is 56.7 Å². The van der Waals surface area contributed by atoms with Crippen molar-refractivity contribution >= 4 is 49.7 Å². The molecule has 0 bridgehead atoms. The second-order valence-corrected chi connectivity index (χ2v) is 9.54. The lowest BCUT2D eigenvalue weighted by molar-refractivity contribution is 0.0697. The maximum absolute atomic E-state index is 13.4. The SMILES string of the molecule is COc1ccc(Nc2c(S(=O)(=O)C3CNCCO3)cnc3ccc(Cl)cc23)c(C(=O)O)c1. The monoisotopic (exact) mass is 477 g/mol. The van der Waals surface area contributed by atoms with Gasteiger partial charge in [-0.2, -0.15) is 0 Å². The normalized spacial score (nSPS) is 16.6. The summed E-state index contributed by atoms with van der Waals surface area (Å²) < 4.78 is 37.5. The Bertz CT molecular complexity index is 1290. The number of halogens is 1. The molecule has 0 saturated carbocycles. The molecule has 1 aliphatic heterocycles. The lowest BCUT2D eigenvalue weighted by Crippen LogP contribution is -2.43. The highest BCUT2D eigenvalue weighted by atomic mass is 35.5. The molecule has 3 aromatic rings.